The summed E-state index contributed by atoms with van der Waals surface area (Å²) in [4.78, 5) is 17.2. The van der Waals surface area contributed by atoms with Gasteiger partial charge < -0.3 is 4.52 Å². The fourth-order valence-electron chi connectivity index (χ4n) is 2.85. The number of aromatic nitrogens is 2. The van der Waals surface area contributed by atoms with Crippen molar-refractivity contribution in [2.24, 2.45) is 0 Å². The van der Waals surface area contributed by atoms with Crippen LogP contribution in [0.3, 0.4) is 0 Å². The number of anilines is 1. The Bertz CT molecular complexity index is 1210. The number of halogens is 2. The van der Waals surface area contributed by atoms with E-state index in [1.807, 2.05) is 0 Å². The maximum absolute atomic E-state index is 13.4. The number of sulfonamides is 1. The number of nitrogens with one attached hydrogen (secondary N) is 1. The number of fused-ring (bicyclic) bond motifs is 1. The van der Waals surface area contributed by atoms with E-state index in [2.05, 4.69) is 15.5 Å². The Morgan fingerprint density at radius 3 is 2.86 bits per heavy atom. The van der Waals surface area contributed by atoms with Gasteiger partial charge in [-0.1, -0.05) is 16.8 Å². The van der Waals surface area contributed by atoms with Crippen molar-refractivity contribution in [1.29, 1.82) is 0 Å². The average Bonchev–Trinajstić information content (AvgIpc) is 3.28. The van der Waals surface area contributed by atoms with Gasteiger partial charge in [-0.3, -0.25) is 10.1 Å². The monoisotopic (exact) mass is 456 g/mol. The highest BCUT2D eigenvalue weighted by atomic mass is 35.5. The van der Waals surface area contributed by atoms with Gasteiger partial charge in [0.25, 0.3) is 5.91 Å². The molecule has 1 aromatic carbocycles. The molecule has 0 fully saturated rings. The van der Waals surface area contributed by atoms with Gasteiger partial charge in [0, 0.05) is 23.9 Å². The van der Waals surface area contributed by atoms with Gasteiger partial charge in [0.05, 0.1) is 22.2 Å². The molecule has 0 spiro atoms. The first-order valence-electron chi connectivity index (χ1n) is 8.42. The fourth-order valence-corrected chi connectivity index (χ4v) is 5.63. The molecule has 0 saturated heterocycles. The Morgan fingerprint density at radius 1 is 1.38 bits per heavy atom. The molecule has 0 atom stereocenters. The number of hydrogen-bond acceptors (Lipinski definition) is 7. The predicted octanol–water partition coefficient (Wildman–Crippen LogP) is 3.23. The summed E-state index contributed by atoms with van der Waals surface area (Å²) < 4.78 is 45.3. The first kappa shape index (κ1) is 20.0. The van der Waals surface area contributed by atoms with E-state index in [0.717, 1.165) is 22.7 Å². The van der Waals surface area contributed by atoms with Crippen molar-refractivity contribution < 1.29 is 22.1 Å². The zero-order valence-corrected chi connectivity index (χ0v) is 17.4. The lowest BCUT2D eigenvalue weighted by atomic mass is 10.2. The fraction of sp³-hybridized carbons (Fsp3) is 0.235. The molecule has 0 aliphatic carbocycles. The molecule has 12 heteroatoms. The molecule has 3 aromatic rings. The number of carbonyl (C=O) groups excluding carboxylic acids is 1. The van der Waals surface area contributed by atoms with Gasteiger partial charge in [0.1, 0.15) is 11.6 Å². The van der Waals surface area contributed by atoms with Gasteiger partial charge >= 0.3 is 0 Å². The third-order valence-electron chi connectivity index (χ3n) is 4.31. The summed E-state index contributed by atoms with van der Waals surface area (Å²) in [6.45, 7) is 1.99. The molecule has 2 aromatic heterocycles. The number of amides is 1. The van der Waals surface area contributed by atoms with Crippen LogP contribution in [0.15, 0.2) is 33.7 Å². The first-order chi connectivity index (χ1) is 13.7. The number of aryl methyl sites for hydroxylation is 1. The van der Waals surface area contributed by atoms with Gasteiger partial charge in [-0.15, -0.1) is 11.3 Å². The summed E-state index contributed by atoms with van der Waals surface area (Å²) in [6, 6.07) is 4.81. The largest absolute Gasteiger partial charge is 0.361 e. The number of carbonyl (C=O) groups is 1. The van der Waals surface area contributed by atoms with Crippen LogP contribution in [0.5, 0.6) is 0 Å². The lowest BCUT2D eigenvalue weighted by molar-refractivity contribution is 0.101. The smallest absolute Gasteiger partial charge is 0.279 e. The van der Waals surface area contributed by atoms with Crippen molar-refractivity contribution in [3.63, 3.8) is 0 Å². The third kappa shape index (κ3) is 3.90. The molecular formula is C17H14ClFN4O4S2. The van der Waals surface area contributed by atoms with Crippen LogP contribution < -0.4 is 5.32 Å². The molecule has 0 radical (unpaired) electrons. The Kier molecular flexibility index (Phi) is 5.15. The normalized spacial score (nSPS) is 14.6. The lowest BCUT2D eigenvalue weighted by Gasteiger charge is -2.25. The second-order valence-electron chi connectivity index (χ2n) is 6.33. The molecule has 152 valence electrons. The highest BCUT2D eigenvalue weighted by Gasteiger charge is 2.31. The van der Waals surface area contributed by atoms with Gasteiger partial charge in [-0.2, -0.15) is 4.31 Å². The quantitative estimate of drug-likeness (QED) is 0.646. The van der Waals surface area contributed by atoms with Crippen LogP contribution in [0, 0.1) is 12.7 Å². The molecule has 0 bridgehead atoms. The van der Waals surface area contributed by atoms with Crippen molar-refractivity contribution >= 4 is 44.0 Å². The van der Waals surface area contributed by atoms with Crippen LogP contribution in [0.4, 0.5) is 9.52 Å². The summed E-state index contributed by atoms with van der Waals surface area (Å²) >= 11 is 6.92. The van der Waals surface area contributed by atoms with E-state index in [0.29, 0.717) is 17.3 Å². The van der Waals surface area contributed by atoms with E-state index in [9.17, 15) is 17.6 Å². The van der Waals surface area contributed by atoms with Crippen molar-refractivity contribution in [2.75, 3.05) is 11.9 Å². The molecule has 1 aliphatic heterocycles. The number of rotatable bonds is 4. The highest BCUT2D eigenvalue weighted by Crippen LogP contribution is 2.32. The zero-order chi connectivity index (χ0) is 20.8. The van der Waals surface area contributed by atoms with Gasteiger partial charge in [-0.05, 0) is 25.1 Å². The summed E-state index contributed by atoms with van der Waals surface area (Å²) in [5.74, 6) is -0.634. The lowest BCUT2D eigenvalue weighted by Crippen LogP contribution is -2.35. The predicted molar refractivity (Wildman–Crippen MR) is 104 cm³/mol. The Labute approximate surface area is 174 Å². The number of benzene rings is 1. The van der Waals surface area contributed by atoms with Crippen molar-refractivity contribution in [3.05, 3.63) is 57.1 Å². The van der Waals surface area contributed by atoms with Gasteiger partial charge in [0.15, 0.2) is 10.8 Å². The SMILES string of the molecule is Cc1cc(C(=O)Nc2nc3c(s2)CN(S(=O)(=O)c2ccc(F)c(Cl)c2)CC3)no1. The van der Waals surface area contributed by atoms with E-state index in [1.165, 1.54) is 27.8 Å². The molecule has 1 N–H and O–H groups in total. The molecule has 4 rings (SSSR count). The van der Waals surface area contributed by atoms with Crippen molar-refractivity contribution in [3.8, 4) is 0 Å². The van der Waals surface area contributed by atoms with E-state index in [1.54, 1.807) is 6.92 Å². The second kappa shape index (κ2) is 7.48. The maximum atomic E-state index is 13.4. The Balaban J connectivity index is 1.53. The summed E-state index contributed by atoms with van der Waals surface area (Å²) in [5.41, 5.74) is 0.860. The van der Waals surface area contributed by atoms with Crippen LogP contribution in [-0.4, -0.2) is 35.3 Å². The van der Waals surface area contributed by atoms with Crippen LogP contribution in [0.1, 0.15) is 26.8 Å². The highest BCUT2D eigenvalue weighted by molar-refractivity contribution is 7.89. The number of hydrogen-bond donors (Lipinski definition) is 1. The number of thiazole rings is 1. The van der Waals surface area contributed by atoms with Gasteiger partial charge in [-0.25, -0.2) is 17.8 Å². The minimum Gasteiger partial charge on any atom is -0.361 e. The molecule has 0 saturated carbocycles. The average molecular weight is 457 g/mol. The van der Waals surface area contributed by atoms with E-state index >= 15 is 0 Å². The standard InChI is InChI=1S/C17H14ClFN4O4S2/c1-9-6-14(22-27-9)16(24)21-17-20-13-4-5-23(8-15(13)28-17)29(25,26)10-2-3-12(19)11(18)7-10/h2-3,6-7H,4-5,8H2,1H3,(H,20,21,24). The zero-order valence-electron chi connectivity index (χ0n) is 15.0. The minimum atomic E-state index is -3.85. The van der Waals surface area contributed by atoms with Crippen LogP contribution in [0.2, 0.25) is 5.02 Å². The molecule has 3 heterocycles. The third-order valence-corrected chi connectivity index (χ3v) is 7.43. The molecule has 8 nitrogen and oxygen atoms in total. The van der Waals surface area contributed by atoms with Crippen LogP contribution in [-0.2, 0) is 23.0 Å². The van der Waals surface area contributed by atoms with E-state index < -0.39 is 21.7 Å². The molecular weight excluding hydrogens is 443 g/mol. The molecule has 1 aliphatic rings. The van der Waals surface area contributed by atoms with E-state index in [4.69, 9.17) is 16.1 Å². The molecule has 1 amide bonds. The van der Waals surface area contributed by atoms with Crippen molar-refractivity contribution in [1.82, 2.24) is 14.4 Å². The Hall–Kier alpha value is -2.34. The first-order valence-corrected chi connectivity index (χ1v) is 11.1. The van der Waals surface area contributed by atoms with Gasteiger partial charge in [0.2, 0.25) is 10.0 Å². The van der Waals surface area contributed by atoms with Crippen molar-refractivity contribution in [2.45, 2.75) is 24.8 Å². The molecule has 0 unspecified atom stereocenters. The summed E-state index contributed by atoms with van der Waals surface area (Å²) in [5, 5.41) is 6.39. The van der Waals surface area contributed by atoms with E-state index in [-0.39, 0.29) is 28.7 Å². The van der Waals surface area contributed by atoms with Crippen LogP contribution in [0.25, 0.3) is 0 Å². The maximum Gasteiger partial charge on any atom is 0.279 e. The Morgan fingerprint density at radius 2 is 2.17 bits per heavy atom. The summed E-state index contributed by atoms with van der Waals surface area (Å²) in [6.07, 6.45) is 0.388. The molecule has 29 heavy (non-hydrogen) atoms. The minimum absolute atomic E-state index is 0.0770. The van der Waals surface area contributed by atoms with Crippen LogP contribution >= 0.6 is 22.9 Å². The second-order valence-corrected chi connectivity index (χ2v) is 9.76. The topological polar surface area (TPSA) is 105 Å². The number of nitrogens with zero attached hydrogens (tertiary/aromatic N) is 3. The summed E-state index contributed by atoms with van der Waals surface area (Å²) in [7, 11) is -3.85.